The third-order valence-electron chi connectivity index (χ3n) is 2.03. The maximum Gasteiger partial charge on any atom is 0.213 e. The quantitative estimate of drug-likeness (QED) is 0.925. The molecule has 0 saturated carbocycles. The third-order valence-corrected chi connectivity index (χ3v) is 2.87. The van der Waals surface area contributed by atoms with E-state index in [1.807, 2.05) is 32.9 Å². The minimum absolute atomic E-state index is 0. The summed E-state index contributed by atoms with van der Waals surface area (Å²) in [6, 6.07) is 3.72. The van der Waals surface area contributed by atoms with Crippen LogP contribution in [0.2, 0.25) is 0 Å². The molecular formula is C11H16BrNO2V. The van der Waals surface area contributed by atoms with E-state index in [1.54, 1.807) is 0 Å². The van der Waals surface area contributed by atoms with Crippen LogP contribution in [0.1, 0.15) is 19.5 Å². The zero-order chi connectivity index (χ0) is 11.5. The van der Waals surface area contributed by atoms with Gasteiger partial charge in [0.2, 0.25) is 5.88 Å². The molecule has 0 unspecified atom stereocenters. The fraction of sp³-hybridized carbons (Fsp3) is 0.545. The molecule has 0 bridgehead atoms. The van der Waals surface area contributed by atoms with Gasteiger partial charge in [0.1, 0.15) is 0 Å². The molecule has 89 valence electrons. The molecule has 0 atom stereocenters. The van der Waals surface area contributed by atoms with E-state index >= 15 is 0 Å². The second kappa shape index (κ2) is 6.65. The van der Waals surface area contributed by atoms with Gasteiger partial charge in [-0.05, 0) is 28.9 Å². The Morgan fingerprint density at radius 1 is 1.44 bits per heavy atom. The Morgan fingerprint density at radius 2 is 2.06 bits per heavy atom. The number of halogens is 1. The molecule has 1 N–H and O–H groups in total. The molecule has 5 heteroatoms. The predicted octanol–water partition coefficient (Wildman–Crippen LogP) is 2.55. The number of aromatic nitrogens is 1. The predicted molar refractivity (Wildman–Crippen MR) is 63.0 cm³/mol. The van der Waals surface area contributed by atoms with Gasteiger partial charge < -0.3 is 9.84 Å². The first-order valence-electron chi connectivity index (χ1n) is 4.81. The van der Waals surface area contributed by atoms with Gasteiger partial charge in [-0.1, -0.05) is 13.8 Å². The van der Waals surface area contributed by atoms with Gasteiger partial charge in [-0.15, -0.1) is 0 Å². The average molecular weight is 325 g/mol. The van der Waals surface area contributed by atoms with Gasteiger partial charge in [0, 0.05) is 34.5 Å². The van der Waals surface area contributed by atoms with Crippen LogP contribution >= 0.6 is 15.9 Å². The van der Waals surface area contributed by atoms with Crippen molar-refractivity contribution in [2.45, 2.75) is 20.8 Å². The van der Waals surface area contributed by atoms with E-state index < -0.39 is 0 Å². The van der Waals surface area contributed by atoms with Gasteiger partial charge in [0.25, 0.3) is 0 Å². The number of aliphatic hydroxyl groups excluding tert-OH is 1. The first-order valence-corrected chi connectivity index (χ1v) is 5.61. The number of aliphatic hydroxyl groups is 1. The molecule has 0 spiro atoms. The van der Waals surface area contributed by atoms with E-state index in [2.05, 4.69) is 20.9 Å². The molecule has 0 fully saturated rings. The average Bonchev–Trinajstić information content (AvgIpc) is 2.20. The van der Waals surface area contributed by atoms with Crippen LogP contribution in [-0.4, -0.2) is 23.3 Å². The number of hydrogen-bond acceptors (Lipinski definition) is 3. The fourth-order valence-electron chi connectivity index (χ4n) is 0.916. The first-order chi connectivity index (χ1) is 6.94. The number of aryl methyl sites for hydroxylation is 1. The second-order valence-corrected chi connectivity index (χ2v) is 5.18. The largest absolute Gasteiger partial charge is 0.477 e. The number of hydrogen-bond donors (Lipinski definition) is 1. The second-order valence-electron chi connectivity index (χ2n) is 4.33. The summed E-state index contributed by atoms with van der Waals surface area (Å²) in [4.78, 5) is 4.26. The normalized spacial score (nSPS) is 10.8. The molecule has 1 heterocycles. The van der Waals surface area contributed by atoms with Crippen molar-refractivity contribution < 1.29 is 28.4 Å². The Bertz CT molecular complexity index is 345. The minimum Gasteiger partial charge on any atom is -0.477 e. The molecule has 0 aliphatic carbocycles. The van der Waals surface area contributed by atoms with Gasteiger partial charge in [-0.25, -0.2) is 4.98 Å². The summed E-state index contributed by atoms with van der Waals surface area (Å²) >= 11 is 3.38. The molecule has 3 nitrogen and oxygen atoms in total. The Morgan fingerprint density at radius 3 is 2.56 bits per heavy atom. The van der Waals surface area contributed by atoms with Crippen molar-refractivity contribution in [2.24, 2.45) is 5.41 Å². The van der Waals surface area contributed by atoms with Crippen LogP contribution < -0.4 is 4.74 Å². The monoisotopic (exact) mass is 324 g/mol. The van der Waals surface area contributed by atoms with Crippen LogP contribution in [0.15, 0.2) is 16.6 Å². The molecule has 0 amide bonds. The summed E-state index contributed by atoms with van der Waals surface area (Å²) in [5.41, 5.74) is 0.664. The van der Waals surface area contributed by atoms with Crippen LogP contribution in [0.4, 0.5) is 0 Å². The van der Waals surface area contributed by atoms with Gasteiger partial charge in [0.05, 0.1) is 18.9 Å². The number of ether oxygens (including phenoxy) is 1. The van der Waals surface area contributed by atoms with Crippen LogP contribution in [-0.2, 0) is 18.6 Å². The maximum absolute atomic E-state index is 9.06. The van der Waals surface area contributed by atoms with Crippen molar-refractivity contribution in [3.8, 4) is 5.88 Å². The van der Waals surface area contributed by atoms with Gasteiger partial charge in [-0.3, -0.25) is 0 Å². The molecule has 0 saturated heterocycles. The van der Waals surface area contributed by atoms with E-state index in [0.717, 1.165) is 10.2 Å². The molecule has 0 aliphatic heterocycles. The molecule has 1 aromatic rings. The van der Waals surface area contributed by atoms with E-state index in [9.17, 15) is 0 Å². The van der Waals surface area contributed by atoms with Crippen LogP contribution in [0.3, 0.4) is 0 Å². The number of nitrogens with zero attached hydrogens (tertiary/aromatic N) is 1. The Labute approximate surface area is 117 Å². The molecule has 0 aromatic carbocycles. The standard InChI is InChI=1S/C11H16BrNO2.V/c1-8-9(12)4-5-10(13-8)15-7-11(2,3)6-14;/h4-5,14H,6-7H2,1-3H3;. The maximum atomic E-state index is 9.06. The van der Waals surface area contributed by atoms with Crippen LogP contribution in [0.25, 0.3) is 0 Å². The SMILES string of the molecule is Cc1nc(OCC(C)(C)CO)ccc1Br.[V]. The topological polar surface area (TPSA) is 42.4 Å². The summed E-state index contributed by atoms with van der Waals surface area (Å²) < 4.78 is 6.47. The van der Waals surface area contributed by atoms with Crippen LogP contribution in [0, 0.1) is 12.3 Å². The third kappa shape index (κ3) is 4.87. The van der Waals surface area contributed by atoms with Crippen molar-refractivity contribution in [2.75, 3.05) is 13.2 Å². The van der Waals surface area contributed by atoms with Crippen LogP contribution in [0.5, 0.6) is 5.88 Å². The summed E-state index contributed by atoms with van der Waals surface area (Å²) in [6.45, 7) is 6.35. The minimum atomic E-state index is -0.233. The van der Waals surface area contributed by atoms with E-state index in [-0.39, 0.29) is 30.6 Å². The van der Waals surface area contributed by atoms with Gasteiger partial charge in [-0.2, -0.15) is 0 Å². The molecule has 1 rings (SSSR count). The molecule has 16 heavy (non-hydrogen) atoms. The smallest absolute Gasteiger partial charge is 0.213 e. The van der Waals surface area contributed by atoms with Gasteiger partial charge in [0.15, 0.2) is 0 Å². The summed E-state index contributed by atoms with van der Waals surface area (Å²) in [5.74, 6) is 0.595. The number of rotatable bonds is 4. The zero-order valence-electron chi connectivity index (χ0n) is 9.70. The van der Waals surface area contributed by atoms with E-state index in [1.165, 1.54) is 0 Å². The molecular weight excluding hydrogens is 309 g/mol. The van der Waals surface area contributed by atoms with Crippen molar-refractivity contribution in [1.29, 1.82) is 0 Å². The summed E-state index contributed by atoms with van der Waals surface area (Å²) in [5, 5.41) is 9.06. The van der Waals surface area contributed by atoms with Crippen molar-refractivity contribution in [3.63, 3.8) is 0 Å². The van der Waals surface area contributed by atoms with E-state index in [0.29, 0.717) is 12.5 Å². The van der Waals surface area contributed by atoms with Crippen molar-refractivity contribution >= 4 is 15.9 Å². The Balaban J connectivity index is 0.00000225. The summed E-state index contributed by atoms with van der Waals surface area (Å²) in [6.07, 6.45) is 0. The molecule has 1 radical (unpaired) electrons. The Kier molecular flexibility index (Phi) is 6.64. The Hall–Kier alpha value is -0.0256. The van der Waals surface area contributed by atoms with Gasteiger partial charge >= 0.3 is 0 Å². The first kappa shape index (κ1) is 16.0. The van der Waals surface area contributed by atoms with Crippen molar-refractivity contribution in [1.82, 2.24) is 4.98 Å². The zero-order valence-corrected chi connectivity index (χ0v) is 12.7. The van der Waals surface area contributed by atoms with E-state index in [4.69, 9.17) is 9.84 Å². The number of pyridine rings is 1. The molecule has 0 aliphatic rings. The fourth-order valence-corrected chi connectivity index (χ4v) is 1.14. The van der Waals surface area contributed by atoms with Crippen molar-refractivity contribution in [3.05, 3.63) is 22.3 Å². The summed E-state index contributed by atoms with van der Waals surface area (Å²) in [7, 11) is 0. The molecule has 1 aromatic heterocycles.